The zero-order chi connectivity index (χ0) is 13.8. The van der Waals surface area contributed by atoms with E-state index in [2.05, 4.69) is 0 Å². The highest BCUT2D eigenvalue weighted by Crippen LogP contribution is 2.30. The summed E-state index contributed by atoms with van der Waals surface area (Å²) in [6, 6.07) is 4.24. The molecule has 1 saturated heterocycles. The predicted octanol–water partition coefficient (Wildman–Crippen LogP) is 3.31. The Morgan fingerprint density at radius 2 is 2.26 bits per heavy atom. The van der Waals surface area contributed by atoms with Gasteiger partial charge in [0, 0.05) is 18.6 Å². The second kappa shape index (κ2) is 6.49. The average molecular weight is 265 g/mol. The summed E-state index contributed by atoms with van der Waals surface area (Å²) >= 11 is 0. The highest BCUT2D eigenvalue weighted by atomic mass is 19.1. The molecule has 106 valence electrons. The van der Waals surface area contributed by atoms with Crippen LogP contribution in [-0.2, 0) is 11.2 Å². The third-order valence-corrected chi connectivity index (χ3v) is 3.84. The van der Waals surface area contributed by atoms with Crippen molar-refractivity contribution in [2.24, 2.45) is 5.73 Å². The number of halogens is 1. The Balaban J connectivity index is 2.11. The molecule has 1 heterocycles. The van der Waals surface area contributed by atoms with Crippen molar-refractivity contribution in [1.29, 1.82) is 0 Å². The average Bonchev–Trinajstić information content (AvgIpc) is 2.86. The highest BCUT2D eigenvalue weighted by molar-refractivity contribution is 5.34. The van der Waals surface area contributed by atoms with Gasteiger partial charge in [-0.3, -0.25) is 0 Å². The molecule has 0 saturated carbocycles. The van der Waals surface area contributed by atoms with E-state index in [0.29, 0.717) is 6.61 Å². The topological polar surface area (TPSA) is 35.2 Å². The SMILES string of the molecule is Cc1cc(CCCC(C)N)cc(C2CCOC2)c1F. The number of hydrogen-bond acceptors (Lipinski definition) is 2. The summed E-state index contributed by atoms with van der Waals surface area (Å²) in [5.74, 6) is 0.179. The smallest absolute Gasteiger partial charge is 0.129 e. The molecule has 2 unspecified atom stereocenters. The summed E-state index contributed by atoms with van der Waals surface area (Å²) in [5, 5.41) is 0. The van der Waals surface area contributed by atoms with Crippen LogP contribution in [0.15, 0.2) is 12.1 Å². The first-order valence-corrected chi connectivity index (χ1v) is 7.20. The number of nitrogens with two attached hydrogens (primary N) is 1. The lowest BCUT2D eigenvalue weighted by Crippen LogP contribution is -2.14. The van der Waals surface area contributed by atoms with E-state index in [1.54, 1.807) is 0 Å². The van der Waals surface area contributed by atoms with Crippen molar-refractivity contribution in [1.82, 2.24) is 0 Å². The molecule has 0 amide bonds. The number of rotatable bonds is 5. The summed E-state index contributed by atoms with van der Waals surface area (Å²) in [4.78, 5) is 0. The molecular weight excluding hydrogens is 241 g/mol. The van der Waals surface area contributed by atoms with Gasteiger partial charge < -0.3 is 10.5 Å². The molecule has 0 aromatic heterocycles. The largest absolute Gasteiger partial charge is 0.381 e. The van der Waals surface area contributed by atoms with Crippen LogP contribution in [0.5, 0.6) is 0 Å². The van der Waals surface area contributed by atoms with E-state index in [1.165, 1.54) is 5.56 Å². The molecule has 19 heavy (non-hydrogen) atoms. The quantitative estimate of drug-likeness (QED) is 0.886. The van der Waals surface area contributed by atoms with Crippen LogP contribution in [0, 0.1) is 12.7 Å². The van der Waals surface area contributed by atoms with Gasteiger partial charge in [0.05, 0.1) is 6.61 Å². The van der Waals surface area contributed by atoms with E-state index in [1.807, 2.05) is 26.0 Å². The summed E-state index contributed by atoms with van der Waals surface area (Å²) < 4.78 is 19.6. The van der Waals surface area contributed by atoms with Gasteiger partial charge in [-0.05, 0) is 56.2 Å². The maximum Gasteiger partial charge on any atom is 0.129 e. The summed E-state index contributed by atoms with van der Waals surface area (Å²) in [6.45, 7) is 5.28. The Hall–Kier alpha value is -0.930. The van der Waals surface area contributed by atoms with Gasteiger partial charge >= 0.3 is 0 Å². The van der Waals surface area contributed by atoms with Crippen LogP contribution in [0.25, 0.3) is 0 Å². The van der Waals surface area contributed by atoms with Crippen molar-refractivity contribution in [3.05, 3.63) is 34.6 Å². The van der Waals surface area contributed by atoms with E-state index in [0.717, 1.165) is 43.4 Å². The molecule has 0 spiro atoms. The van der Waals surface area contributed by atoms with Gasteiger partial charge in [-0.25, -0.2) is 4.39 Å². The molecule has 0 aliphatic carbocycles. The van der Waals surface area contributed by atoms with Gasteiger partial charge in [-0.2, -0.15) is 0 Å². The van der Waals surface area contributed by atoms with E-state index in [4.69, 9.17) is 10.5 Å². The lowest BCUT2D eigenvalue weighted by atomic mass is 9.92. The zero-order valence-corrected chi connectivity index (χ0v) is 11.9. The Kier molecular flexibility index (Phi) is 4.94. The Morgan fingerprint density at radius 1 is 1.47 bits per heavy atom. The molecule has 1 aromatic carbocycles. The van der Waals surface area contributed by atoms with Crippen LogP contribution in [0.3, 0.4) is 0 Å². The zero-order valence-electron chi connectivity index (χ0n) is 11.9. The van der Waals surface area contributed by atoms with Crippen molar-refractivity contribution in [2.45, 2.75) is 51.5 Å². The van der Waals surface area contributed by atoms with Gasteiger partial charge in [0.2, 0.25) is 0 Å². The minimum absolute atomic E-state index is 0.0496. The van der Waals surface area contributed by atoms with Gasteiger partial charge in [-0.1, -0.05) is 12.1 Å². The Labute approximate surface area is 115 Å². The van der Waals surface area contributed by atoms with Crippen molar-refractivity contribution in [2.75, 3.05) is 13.2 Å². The third kappa shape index (κ3) is 3.77. The molecule has 2 N–H and O–H groups in total. The number of aryl methyl sites for hydroxylation is 2. The fourth-order valence-corrected chi connectivity index (χ4v) is 2.72. The van der Waals surface area contributed by atoms with Crippen molar-refractivity contribution < 1.29 is 9.13 Å². The maximum absolute atomic E-state index is 14.2. The summed E-state index contributed by atoms with van der Waals surface area (Å²) in [7, 11) is 0. The van der Waals surface area contributed by atoms with Crippen molar-refractivity contribution >= 4 is 0 Å². The monoisotopic (exact) mass is 265 g/mol. The first-order chi connectivity index (χ1) is 9.08. The fraction of sp³-hybridized carbons (Fsp3) is 0.625. The van der Waals surface area contributed by atoms with Crippen LogP contribution < -0.4 is 5.73 Å². The minimum Gasteiger partial charge on any atom is -0.381 e. The maximum atomic E-state index is 14.2. The third-order valence-electron chi connectivity index (χ3n) is 3.84. The van der Waals surface area contributed by atoms with E-state index in [9.17, 15) is 4.39 Å². The molecule has 2 rings (SSSR count). The first-order valence-electron chi connectivity index (χ1n) is 7.20. The van der Waals surface area contributed by atoms with Crippen LogP contribution >= 0.6 is 0 Å². The molecule has 1 aromatic rings. The fourth-order valence-electron chi connectivity index (χ4n) is 2.72. The van der Waals surface area contributed by atoms with Crippen LogP contribution in [0.4, 0.5) is 4.39 Å². The highest BCUT2D eigenvalue weighted by Gasteiger charge is 2.22. The molecule has 2 nitrogen and oxygen atoms in total. The van der Waals surface area contributed by atoms with Crippen molar-refractivity contribution in [3.8, 4) is 0 Å². The van der Waals surface area contributed by atoms with Gasteiger partial charge in [0.1, 0.15) is 5.82 Å². The molecular formula is C16H24FNO. The molecule has 1 aliphatic heterocycles. The van der Waals surface area contributed by atoms with Gasteiger partial charge in [0.15, 0.2) is 0 Å². The molecule has 0 radical (unpaired) electrons. The van der Waals surface area contributed by atoms with Gasteiger partial charge in [0.25, 0.3) is 0 Å². The van der Waals surface area contributed by atoms with E-state index >= 15 is 0 Å². The molecule has 1 aliphatic rings. The first kappa shape index (κ1) is 14.5. The molecule has 3 heteroatoms. The van der Waals surface area contributed by atoms with E-state index < -0.39 is 0 Å². The van der Waals surface area contributed by atoms with Crippen LogP contribution in [0.1, 0.15) is 48.8 Å². The van der Waals surface area contributed by atoms with Gasteiger partial charge in [-0.15, -0.1) is 0 Å². The molecule has 1 fully saturated rings. The van der Waals surface area contributed by atoms with E-state index in [-0.39, 0.29) is 17.8 Å². The lowest BCUT2D eigenvalue weighted by Gasteiger charge is -2.14. The number of benzene rings is 1. The Bertz CT molecular complexity index is 425. The van der Waals surface area contributed by atoms with Crippen LogP contribution in [0.2, 0.25) is 0 Å². The molecule has 2 atom stereocenters. The standard InChI is InChI=1S/C16H24FNO/c1-11-8-13(5-3-4-12(2)18)9-15(16(11)17)14-6-7-19-10-14/h8-9,12,14H,3-7,10,18H2,1-2H3. The second-order valence-electron chi connectivity index (χ2n) is 5.75. The summed E-state index contributed by atoms with van der Waals surface area (Å²) in [5.41, 5.74) is 8.58. The number of ether oxygens (including phenoxy) is 1. The minimum atomic E-state index is -0.0496. The lowest BCUT2D eigenvalue weighted by molar-refractivity contribution is 0.193. The second-order valence-corrected chi connectivity index (χ2v) is 5.75. The summed E-state index contributed by atoms with van der Waals surface area (Å²) in [6.07, 6.45) is 3.98. The van der Waals surface area contributed by atoms with Crippen molar-refractivity contribution in [3.63, 3.8) is 0 Å². The predicted molar refractivity (Wildman–Crippen MR) is 75.9 cm³/mol. The Morgan fingerprint density at radius 3 is 2.89 bits per heavy atom. The number of hydrogen-bond donors (Lipinski definition) is 1. The normalized spacial score (nSPS) is 20.7. The molecule has 0 bridgehead atoms. The van der Waals surface area contributed by atoms with Crippen LogP contribution in [-0.4, -0.2) is 19.3 Å².